The van der Waals surface area contributed by atoms with Gasteiger partial charge in [-0.3, -0.25) is 9.78 Å². The SMILES string of the molecule is C.CC1=NCN=N1.Cc1ncn[nH]1.Cc1ncnn1C. The molecule has 2 aromatic heterocycles. The number of aromatic nitrogens is 6. The van der Waals surface area contributed by atoms with E-state index in [0.29, 0.717) is 6.67 Å². The Morgan fingerprint density at radius 3 is 2.05 bits per heavy atom. The van der Waals surface area contributed by atoms with E-state index in [1.807, 2.05) is 27.8 Å². The topological polar surface area (TPSA) is 109 Å². The molecule has 0 spiro atoms. The molecule has 1 N–H and O–H groups in total. The van der Waals surface area contributed by atoms with E-state index in [1.165, 1.54) is 12.7 Å². The Bertz CT molecular complexity index is 505. The van der Waals surface area contributed by atoms with Crippen LogP contribution in [0.3, 0.4) is 0 Å². The number of H-pyrrole nitrogens is 1. The maximum atomic E-state index is 3.87. The van der Waals surface area contributed by atoms with Crippen molar-refractivity contribution in [2.24, 2.45) is 22.3 Å². The summed E-state index contributed by atoms with van der Waals surface area (Å²) in [5.74, 6) is 2.59. The molecule has 110 valence electrons. The van der Waals surface area contributed by atoms with Crippen LogP contribution in [0.1, 0.15) is 26.0 Å². The highest BCUT2D eigenvalue weighted by Crippen LogP contribution is 1.90. The zero-order chi connectivity index (χ0) is 14.1. The third kappa shape index (κ3) is 7.09. The Hall–Kier alpha value is -2.45. The highest BCUT2D eigenvalue weighted by Gasteiger charge is 1.88. The van der Waals surface area contributed by atoms with Crippen molar-refractivity contribution in [3.8, 4) is 0 Å². The summed E-state index contributed by atoms with van der Waals surface area (Å²) >= 11 is 0. The number of hydrogen-bond donors (Lipinski definition) is 1. The molecule has 20 heavy (non-hydrogen) atoms. The van der Waals surface area contributed by atoms with Crippen LogP contribution in [0.25, 0.3) is 0 Å². The van der Waals surface area contributed by atoms with Gasteiger partial charge in [-0.05, 0) is 20.8 Å². The number of amidine groups is 1. The van der Waals surface area contributed by atoms with Crippen molar-refractivity contribution in [3.05, 3.63) is 24.3 Å². The fraction of sp³-hybridized carbons (Fsp3) is 0.545. The second-order valence-corrected chi connectivity index (χ2v) is 3.59. The smallest absolute Gasteiger partial charge is 0.152 e. The van der Waals surface area contributed by atoms with Gasteiger partial charge in [0.1, 0.15) is 30.1 Å². The summed E-state index contributed by atoms with van der Waals surface area (Å²) in [5.41, 5.74) is 0. The molecular formula is C11H21N9. The molecule has 0 radical (unpaired) electrons. The summed E-state index contributed by atoms with van der Waals surface area (Å²) in [4.78, 5) is 11.4. The number of nitrogens with one attached hydrogen (secondary N) is 1. The molecule has 0 aromatic carbocycles. The van der Waals surface area contributed by atoms with Crippen molar-refractivity contribution in [1.29, 1.82) is 0 Å². The lowest BCUT2D eigenvalue weighted by atomic mass is 10.7. The molecule has 0 amide bonds. The lowest BCUT2D eigenvalue weighted by molar-refractivity contribution is 0.734. The van der Waals surface area contributed by atoms with E-state index in [-0.39, 0.29) is 7.43 Å². The van der Waals surface area contributed by atoms with Gasteiger partial charge in [-0.1, -0.05) is 7.43 Å². The summed E-state index contributed by atoms with van der Waals surface area (Å²) in [7, 11) is 1.86. The van der Waals surface area contributed by atoms with Gasteiger partial charge in [0, 0.05) is 7.05 Å². The number of nitrogens with zero attached hydrogens (tertiary/aromatic N) is 8. The first-order chi connectivity index (χ1) is 9.09. The standard InChI is InChI=1S/C4H7N3.2C3H5N3.CH4/c1-4-5-3-6-7(4)2;2*1-3-4-2-5-6-3;/h3H,1-2H3;2H2,1H3;2H,1H3,(H,4,5,6);1H4. The van der Waals surface area contributed by atoms with Gasteiger partial charge < -0.3 is 0 Å². The van der Waals surface area contributed by atoms with E-state index >= 15 is 0 Å². The monoisotopic (exact) mass is 279 g/mol. The molecule has 1 aliphatic rings. The van der Waals surface area contributed by atoms with Gasteiger partial charge in [-0.25, -0.2) is 15.0 Å². The van der Waals surface area contributed by atoms with Crippen molar-refractivity contribution in [1.82, 2.24) is 29.9 Å². The van der Waals surface area contributed by atoms with Crippen LogP contribution in [-0.2, 0) is 7.05 Å². The summed E-state index contributed by atoms with van der Waals surface area (Å²) in [6, 6.07) is 0. The second kappa shape index (κ2) is 9.48. The Balaban J connectivity index is 0.000000265. The molecule has 0 bridgehead atoms. The molecule has 3 rings (SSSR count). The lowest BCUT2D eigenvalue weighted by Gasteiger charge is -1.84. The van der Waals surface area contributed by atoms with Crippen LogP contribution < -0.4 is 0 Å². The Morgan fingerprint density at radius 1 is 1.15 bits per heavy atom. The number of hydrogen-bond acceptors (Lipinski definition) is 7. The minimum atomic E-state index is 0. The van der Waals surface area contributed by atoms with Gasteiger partial charge in [0.05, 0.1) is 0 Å². The van der Waals surface area contributed by atoms with Crippen LogP contribution in [0.15, 0.2) is 27.9 Å². The van der Waals surface area contributed by atoms with Crippen molar-refractivity contribution in [2.45, 2.75) is 28.2 Å². The maximum absolute atomic E-state index is 3.87. The molecule has 3 heterocycles. The Kier molecular flexibility index (Phi) is 8.32. The number of azo groups is 1. The number of aliphatic imine (C=N–C) groups is 1. The van der Waals surface area contributed by atoms with Crippen molar-refractivity contribution in [2.75, 3.05) is 6.67 Å². The molecule has 0 aliphatic carbocycles. The lowest BCUT2D eigenvalue weighted by Crippen LogP contribution is -1.91. The van der Waals surface area contributed by atoms with Crippen LogP contribution in [0, 0.1) is 13.8 Å². The van der Waals surface area contributed by atoms with Gasteiger partial charge in [-0.2, -0.15) is 15.3 Å². The van der Waals surface area contributed by atoms with E-state index in [0.717, 1.165) is 17.5 Å². The average Bonchev–Trinajstić information content (AvgIpc) is 3.09. The predicted molar refractivity (Wildman–Crippen MR) is 76.4 cm³/mol. The van der Waals surface area contributed by atoms with Crippen LogP contribution in [0.5, 0.6) is 0 Å². The fourth-order valence-corrected chi connectivity index (χ4v) is 0.920. The molecule has 9 heteroatoms. The fourth-order valence-electron chi connectivity index (χ4n) is 0.920. The van der Waals surface area contributed by atoms with Crippen LogP contribution in [-0.4, -0.2) is 42.5 Å². The zero-order valence-corrected chi connectivity index (χ0v) is 11.4. The predicted octanol–water partition coefficient (Wildman–Crippen LogP) is 1.70. The number of aryl methyl sites for hydroxylation is 3. The van der Waals surface area contributed by atoms with Crippen molar-refractivity contribution >= 4 is 5.84 Å². The van der Waals surface area contributed by atoms with Crippen molar-refractivity contribution in [3.63, 3.8) is 0 Å². The number of aromatic amines is 1. The molecule has 0 fully saturated rings. The number of rotatable bonds is 0. The zero-order valence-electron chi connectivity index (χ0n) is 11.4. The molecule has 0 saturated heterocycles. The summed E-state index contributed by atoms with van der Waals surface area (Å²) in [6.45, 7) is 6.13. The molecule has 2 aromatic rings. The van der Waals surface area contributed by atoms with Gasteiger partial charge in [0.15, 0.2) is 6.67 Å². The van der Waals surface area contributed by atoms with Gasteiger partial charge in [0.25, 0.3) is 0 Å². The highest BCUT2D eigenvalue weighted by molar-refractivity contribution is 5.80. The average molecular weight is 279 g/mol. The quantitative estimate of drug-likeness (QED) is 0.791. The van der Waals surface area contributed by atoms with E-state index in [9.17, 15) is 0 Å². The van der Waals surface area contributed by atoms with Crippen LogP contribution in [0.4, 0.5) is 0 Å². The Labute approximate surface area is 118 Å². The molecule has 9 nitrogen and oxygen atoms in total. The first-order valence-corrected chi connectivity index (χ1v) is 5.60. The van der Waals surface area contributed by atoms with E-state index in [4.69, 9.17) is 0 Å². The largest absolute Gasteiger partial charge is 0.264 e. The first-order valence-electron chi connectivity index (χ1n) is 5.60. The first kappa shape index (κ1) is 17.6. The summed E-state index contributed by atoms with van der Waals surface area (Å²) in [5, 5.41) is 17.2. The van der Waals surface area contributed by atoms with Gasteiger partial charge in [0.2, 0.25) is 0 Å². The van der Waals surface area contributed by atoms with E-state index < -0.39 is 0 Å². The van der Waals surface area contributed by atoms with Crippen LogP contribution >= 0.6 is 0 Å². The van der Waals surface area contributed by atoms with Gasteiger partial charge >= 0.3 is 0 Å². The summed E-state index contributed by atoms with van der Waals surface area (Å²) in [6.07, 6.45) is 3.02. The molecule has 0 atom stereocenters. The molecular weight excluding hydrogens is 258 g/mol. The Morgan fingerprint density at radius 2 is 1.90 bits per heavy atom. The van der Waals surface area contributed by atoms with Crippen LogP contribution in [0.2, 0.25) is 0 Å². The van der Waals surface area contributed by atoms with E-state index in [1.54, 1.807) is 4.68 Å². The van der Waals surface area contributed by atoms with E-state index in [2.05, 4.69) is 40.5 Å². The summed E-state index contributed by atoms with van der Waals surface area (Å²) < 4.78 is 1.72. The minimum absolute atomic E-state index is 0. The normalized spacial score (nSPS) is 11.5. The molecule has 1 aliphatic heterocycles. The van der Waals surface area contributed by atoms with Crippen molar-refractivity contribution < 1.29 is 0 Å². The highest BCUT2D eigenvalue weighted by atomic mass is 15.3. The van der Waals surface area contributed by atoms with Gasteiger partial charge in [-0.15, -0.1) is 5.11 Å². The third-order valence-electron chi connectivity index (χ3n) is 2.05. The minimum Gasteiger partial charge on any atom is -0.264 e. The third-order valence-corrected chi connectivity index (χ3v) is 2.05. The molecule has 0 saturated carbocycles. The maximum Gasteiger partial charge on any atom is 0.152 e. The second-order valence-electron chi connectivity index (χ2n) is 3.59. The molecule has 0 unspecified atom stereocenters.